The van der Waals surface area contributed by atoms with Gasteiger partial charge in [-0.1, -0.05) is 18.2 Å². The summed E-state index contributed by atoms with van der Waals surface area (Å²) >= 11 is 0. The summed E-state index contributed by atoms with van der Waals surface area (Å²) in [6.45, 7) is 2.43. The van der Waals surface area contributed by atoms with Crippen molar-refractivity contribution in [2.45, 2.75) is 19.4 Å². The minimum atomic E-state index is -0.158. The first-order chi connectivity index (χ1) is 11.2. The predicted octanol–water partition coefficient (Wildman–Crippen LogP) is 1.18. The second kappa shape index (κ2) is 10.3. The van der Waals surface area contributed by atoms with Gasteiger partial charge < -0.3 is 20.7 Å². The number of methoxy groups -OCH3 is 1. The Labute approximate surface area is 149 Å². The van der Waals surface area contributed by atoms with Crippen LogP contribution in [0.3, 0.4) is 0 Å². The summed E-state index contributed by atoms with van der Waals surface area (Å²) in [4.78, 5) is 26.7. The first-order valence-corrected chi connectivity index (χ1v) is 8.01. The molecule has 0 bridgehead atoms. The largest absolute Gasteiger partial charge is 0.380 e. The fraction of sp³-hybridized carbons (Fsp3) is 0.529. The SMILES string of the molecule is COCc1ccccc1C(=O)N1CCCC(C(=O)NCCN)C1.Cl. The lowest BCUT2D eigenvalue weighted by Crippen LogP contribution is -2.46. The molecule has 24 heavy (non-hydrogen) atoms. The van der Waals surface area contributed by atoms with E-state index in [4.69, 9.17) is 10.5 Å². The highest BCUT2D eigenvalue weighted by molar-refractivity contribution is 5.96. The molecular weight excluding hydrogens is 330 g/mol. The Morgan fingerprint density at radius 3 is 2.83 bits per heavy atom. The molecule has 0 spiro atoms. The van der Waals surface area contributed by atoms with Crippen molar-refractivity contribution >= 4 is 24.2 Å². The van der Waals surface area contributed by atoms with Crippen LogP contribution >= 0.6 is 12.4 Å². The van der Waals surface area contributed by atoms with Crippen molar-refractivity contribution in [1.82, 2.24) is 10.2 Å². The number of hydrogen-bond acceptors (Lipinski definition) is 4. The van der Waals surface area contributed by atoms with Crippen LogP contribution < -0.4 is 11.1 Å². The number of halogens is 1. The van der Waals surface area contributed by atoms with Gasteiger partial charge in [0.05, 0.1) is 12.5 Å². The molecule has 0 radical (unpaired) electrons. The number of nitrogens with zero attached hydrogens (tertiary/aromatic N) is 1. The summed E-state index contributed by atoms with van der Waals surface area (Å²) in [7, 11) is 1.61. The molecule has 6 nitrogen and oxygen atoms in total. The Morgan fingerprint density at radius 2 is 2.12 bits per heavy atom. The van der Waals surface area contributed by atoms with Crippen molar-refractivity contribution < 1.29 is 14.3 Å². The molecule has 1 aromatic rings. The molecule has 0 aliphatic carbocycles. The van der Waals surface area contributed by atoms with Crippen molar-refractivity contribution in [2.75, 3.05) is 33.3 Å². The van der Waals surface area contributed by atoms with E-state index >= 15 is 0 Å². The minimum Gasteiger partial charge on any atom is -0.380 e. The summed E-state index contributed by atoms with van der Waals surface area (Å²) in [6.07, 6.45) is 1.64. The normalized spacial score (nSPS) is 17.1. The number of rotatable bonds is 6. The quantitative estimate of drug-likeness (QED) is 0.802. The van der Waals surface area contributed by atoms with Gasteiger partial charge in [0, 0.05) is 38.9 Å². The van der Waals surface area contributed by atoms with Gasteiger partial charge in [-0.25, -0.2) is 0 Å². The van der Waals surface area contributed by atoms with Crippen LogP contribution in [0.5, 0.6) is 0 Å². The van der Waals surface area contributed by atoms with Gasteiger partial charge in [-0.3, -0.25) is 9.59 Å². The summed E-state index contributed by atoms with van der Waals surface area (Å²) in [5, 5.41) is 2.81. The van der Waals surface area contributed by atoms with Gasteiger partial charge in [-0.15, -0.1) is 12.4 Å². The third kappa shape index (κ3) is 5.19. The number of ether oxygens (including phenoxy) is 1. The number of carbonyl (C=O) groups excluding carboxylic acids is 2. The average molecular weight is 356 g/mol. The number of nitrogens with two attached hydrogens (primary N) is 1. The van der Waals surface area contributed by atoms with E-state index in [2.05, 4.69) is 5.32 Å². The molecule has 134 valence electrons. The molecule has 1 aliphatic rings. The lowest BCUT2D eigenvalue weighted by atomic mass is 9.96. The van der Waals surface area contributed by atoms with Gasteiger partial charge in [0.25, 0.3) is 5.91 Å². The molecule has 1 aliphatic heterocycles. The molecule has 2 amide bonds. The molecular formula is C17H26ClN3O3. The van der Waals surface area contributed by atoms with Crippen LogP contribution in [0.15, 0.2) is 24.3 Å². The van der Waals surface area contributed by atoms with Crippen LogP contribution in [0.2, 0.25) is 0 Å². The lowest BCUT2D eigenvalue weighted by molar-refractivity contribution is -0.126. The van der Waals surface area contributed by atoms with Gasteiger partial charge >= 0.3 is 0 Å². The topological polar surface area (TPSA) is 84.7 Å². The Kier molecular flexibility index (Phi) is 8.74. The number of amides is 2. The zero-order valence-electron chi connectivity index (χ0n) is 14.0. The minimum absolute atomic E-state index is 0. The molecule has 1 unspecified atom stereocenters. The Hall–Kier alpha value is -1.63. The number of benzene rings is 1. The molecule has 1 aromatic carbocycles. The van der Waals surface area contributed by atoms with E-state index in [0.29, 0.717) is 38.3 Å². The zero-order valence-corrected chi connectivity index (χ0v) is 14.8. The summed E-state index contributed by atoms with van der Waals surface area (Å²) < 4.78 is 5.16. The Balaban J connectivity index is 0.00000288. The first-order valence-electron chi connectivity index (χ1n) is 8.01. The maximum absolute atomic E-state index is 12.8. The summed E-state index contributed by atoms with van der Waals surface area (Å²) in [6, 6.07) is 7.45. The van der Waals surface area contributed by atoms with Gasteiger partial charge in [-0.05, 0) is 24.5 Å². The van der Waals surface area contributed by atoms with Crippen molar-refractivity contribution in [1.29, 1.82) is 0 Å². The number of piperidine rings is 1. The van der Waals surface area contributed by atoms with Crippen molar-refractivity contribution in [3.63, 3.8) is 0 Å². The fourth-order valence-electron chi connectivity index (χ4n) is 2.90. The molecule has 1 fully saturated rings. The molecule has 1 atom stereocenters. The van der Waals surface area contributed by atoms with E-state index in [9.17, 15) is 9.59 Å². The average Bonchev–Trinajstić information content (AvgIpc) is 2.60. The van der Waals surface area contributed by atoms with Crippen LogP contribution in [0, 0.1) is 5.92 Å². The van der Waals surface area contributed by atoms with Crippen molar-refractivity contribution in [3.8, 4) is 0 Å². The van der Waals surface area contributed by atoms with E-state index < -0.39 is 0 Å². The van der Waals surface area contributed by atoms with Crippen LogP contribution in [0.4, 0.5) is 0 Å². The van der Waals surface area contributed by atoms with Gasteiger partial charge in [0.2, 0.25) is 5.91 Å². The van der Waals surface area contributed by atoms with E-state index in [1.165, 1.54) is 0 Å². The molecule has 3 N–H and O–H groups in total. The Morgan fingerprint density at radius 1 is 1.38 bits per heavy atom. The molecule has 7 heteroatoms. The Bertz CT molecular complexity index is 554. The predicted molar refractivity (Wildman–Crippen MR) is 95.1 cm³/mol. The highest BCUT2D eigenvalue weighted by Crippen LogP contribution is 2.20. The highest BCUT2D eigenvalue weighted by atomic mass is 35.5. The smallest absolute Gasteiger partial charge is 0.254 e. The summed E-state index contributed by atoms with van der Waals surface area (Å²) in [5.41, 5.74) is 6.93. The maximum Gasteiger partial charge on any atom is 0.254 e. The molecule has 1 heterocycles. The molecule has 0 aromatic heterocycles. The standard InChI is InChI=1S/C17H25N3O3.ClH/c1-23-12-14-5-2-3-7-15(14)17(22)20-10-4-6-13(11-20)16(21)19-9-8-18;/h2-3,5,7,13H,4,6,8-12,18H2,1H3,(H,19,21);1H. The second-order valence-electron chi connectivity index (χ2n) is 5.76. The number of likely N-dealkylation sites (tertiary alicyclic amines) is 1. The van der Waals surface area contributed by atoms with Gasteiger partial charge in [0.1, 0.15) is 0 Å². The fourth-order valence-corrected chi connectivity index (χ4v) is 2.90. The van der Waals surface area contributed by atoms with Crippen molar-refractivity contribution in [2.24, 2.45) is 11.7 Å². The third-order valence-electron chi connectivity index (χ3n) is 4.07. The second-order valence-corrected chi connectivity index (χ2v) is 5.76. The van der Waals surface area contributed by atoms with Crippen LogP contribution in [-0.4, -0.2) is 50.0 Å². The highest BCUT2D eigenvalue weighted by Gasteiger charge is 2.29. The van der Waals surface area contributed by atoms with E-state index in [-0.39, 0.29) is 30.1 Å². The van der Waals surface area contributed by atoms with E-state index in [0.717, 1.165) is 18.4 Å². The van der Waals surface area contributed by atoms with Gasteiger partial charge in [-0.2, -0.15) is 0 Å². The van der Waals surface area contributed by atoms with Crippen LogP contribution in [0.25, 0.3) is 0 Å². The number of nitrogens with one attached hydrogen (secondary N) is 1. The van der Waals surface area contributed by atoms with E-state index in [1.807, 2.05) is 24.3 Å². The van der Waals surface area contributed by atoms with Crippen molar-refractivity contribution in [3.05, 3.63) is 35.4 Å². The van der Waals surface area contributed by atoms with Crippen LogP contribution in [0.1, 0.15) is 28.8 Å². The molecule has 1 saturated heterocycles. The van der Waals surface area contributed by atoms with Gasteiger partial charge in [0.15, 0.2) is 0 Å². The first kappa shape index (κ1) is 20.4. The number of carbonyl (C=O) groups is 2. The molecule has 2 rings (SSSR count). The molecule has 0 saturated carbocycles. The third-order valence-corrected chi connectivity index (χ3v) is 4.07. The summed E-state index contributed by atoms with van der Waals surface area (Å²) in [5.74, 6) is -0.207. The number of hydrogen-bond donors (Lipinski definition) is 2. The maximum atomic E-state index is 12.8. The van der Waals surface area contributed by atoms with E-state index in [1.54, 1.807) is 12.0 Å². The zero-order chi connectivity index (χ0) is 16.7. The monoisotopic (exact) mass is 355 g/mol. The lowest BCUT2D eigenvalue weighted by Gasteiger charge is -2.32. The van der Waals surface area contributed by atoms with Crippen LogP contribution in [-0.2, 0) is 16.1 Å².